The van der Waals surface area contributed by atoms with Crippen LogP contribution in [-0.4, -0.2) is 59.2 Å². The topological polar surface area (TPSA) is 88.5 Å². The van der Waals surface area contributed by atoms with Crippen molar-refractivity contribution in [1.82, 2.24) is 23.6 Å². The maximum Gasteiger partial charge on any atom is 0.281 e. The van der Waals surface area contributed by atoms with Crippen LogP contribution in [0.5, 0.6) is 11.6 Å². The first-order valence-corrected chi connectivity index (χ1v) is 9.44. The highest BCUT2D eigenvalue weighted by Crippen LogP contribution is 2.29. The van der Waals surface area contributed by atoms with E-state index in [4.69, 9.17) is 4.74 Å². The van der Waals surface area contributed by atoms with E-state index in [1.54, 1.807) is 51.0 Å². The van der Waals surface area contributed by atoms with Gasteiger partial charge in [0.2, 0.25) is 5.88 Å². The number of rotatable bonds is 5. The third-order valence-corrected chi connectivity index (χ3v) is 6.09. The summed E-state index contributed by atoms with van der Waals surface area (Å²) >= 11 is 0. The number of aromatic nitrogens is 3. The van der Waals surface area contributed by atoms with E-state index < -0.39 is 10.2 Å². The first kappa shape index (κ1) is 17.7. The first-order valence-electron chi connectivity index (χ1n) is 8.04. The lowest BCUT2D eigenvalue weighted by Crippen LogP contribution is -2.44. The Kier molecular flexibility index (Phi) is 5.26. The van der Waals surface area contributed by atoms with Crippen LogP contribution in [0.3, 0.4) is 0 Å². The lowest BCUT2D eigenvalue weighted by Gasteiger charge is -2.32. The molecular formula is C16H21N5O3S. The van der Waals surface area contributed by atoms with E-state index in [0.29, 0.717) is 37.6 Å². The molecule has 2 aromatic heterocycles. The number of ether oxygens (including phenoxy) is 1. The molecule has 0 radical (unpaired) electrons. The zero-order chi connectivity index (χ0) is 17.9. The van der Waals surface area contributed by atoms with Crippen LogP contribution in [0.4, 0.5) is 0 Å². The highest BCUT2D eigenvalue weighted by molar-refractivity contribution is 7.86. The summed E-state index contributed by atoms with van der Waals surface area (Å²) in [6.45, 7) is 0.946. The summed E-state index contributed by atoms with van der Waals surface area (Å²) < 4.78 is 32.8. The Labute approximate surface area is 147 Å². The number of hydrogen-bond acceptors (Lipinski definition) is 6. The Morgan fingerprint density at radius 2 is 1.92 bits per heavy atom. The molecule has 134 valence electrons. The van der Waals surface area contributed by atoms with E-state index in [0.717, 1.165) is 5.69 Å². The SMILES string of the molecule is CN(C)S(=O)(=O)N1CCC(c2cncc(Oc3cccnc3)n2)CC1. The molecule has 25 heavy (non-hydrogen) atoms. The Morgan fingerprint density at radius 1 is 1.16 bits per heavy atom. The van der Waals surface area contributed by atoms with Crippen molar-refractivity contribution in [2.45, 2.75) is 18.8 Å². The van der Waals surface area contributed by atoms with Crippen molar-refractivity contribution in [3.8, 4) is 11.6 Å². The largest absolute Gasteiger partial charge is 0.436 e. The number of hydrogen-bond donors (Lipinski definition) is 0. The molecule has 0 unspecified atom stereocenters. The van der Waals surface area contributed by atoms with Crippen molar-refractivity contribution in [1.29, 1.82) is 0 Å². The summed E-state index contributed by atoms with van der Waals surface area (Å²) in [5.74, 6) is 1.17. The minimum Gasteiger partial charge on any atom is -0.436 e. The maximum atomic E-state index is 12.2. The molecule has 1 saturated heterocycles. The number of piperidine rings is 1. The van der Waals surface area contributed by atoms with E-state index in [9.17, 15) is 8.42 Å². The molecule has 0 atom stereocenters. The quantitative estimate of drug-likeness (QED) is 0.802. The van der Waals surface area contributed by atoms with Gasteiger partial charge in [0.25, 0.3) is 10.2 Å². The molecule has 0 amide bonds. The predicted molar refractivity (Wildman–Crippen MR) is 92.5 cm³/mol. The van der Waals surface area contributed by atoms with Crippen molar-refractivity contribution < 1.29 is 13.2 Å². The van der Waals surface area contributed by atoms with Gasteiger partial charge in [-0.05, 0) is 25.0 Å². The third-order valence-electron chi connectivity index (χ3n) is 4.15. The average molecular weight is 363 g/mol. The van der Waals surface area contributed by atoms with E-state index in [-0.39, 0.29) is 5.92 Å². The monoisotopic (exact) mass is 363 g/mol. The summed E-state index contributed by atoms with van der Waals surface area (Å²) in [7, 11) is -0.260. The Hall–Kier alpha value is -2.10. The van der Waals surface area contributed by atoms with E-state index in [1.807, 2.05) is 0 Å². The lowest BCUT2D eigenvalue weighted by molar-refractivity contribution is 0.298. The summed E-state index contributed by atoms with van der Waals surface area (Å²) in [5.41, 5.74) is 0.822. The van der Waals surface area contributed by atoms with Crippen LogP contribution in [0, 0.1) is 0 Å². The molecule has 1 aliphatic heterocycles. The Balaban J connectivity index is 1.67. The molecule has 0 spiro atoms. The second-order valence-electron chi connectivity index (χ2n) is 6.04. The van der Waals surface area contributed by atoms with Crippen molar-refractivity contribution in [3.05, 3.63) is 42.6 Å². The van der Waals surface area contributed by atoms with Gasteiger partial charge in [-0.25, -0.2) is 4.98 Å². The normalized spacial score (nSPS) is 16.9. The predicted octanol–water partition coefficient (Wildman–Crippen LogP) is 1.65. The van der Waals surface area contributed by atoms with E-state index >= 15 is 0 Å². The van der Waals surface area contributed by atoms with Gasteiger partial charge in [-0.1, -0.05) is 0 Å². The molecule has 8 nitrogen and oxygen atoms in total. The molecular weight excluding hydrogens is 342 g/mol. The van der Waals surface area contributed by atoms with E-state index in [2.05, 4.69) is 15.0 Å². The van der Waals surface area contributed by atoms with Gasteiger partial charge >= 0.3 is 0 Å². The Bertz CT molecular complexity index is 806. The Morgan fingerprint density at radius 3 is 2.56 bits per heavy atom. The van der Waals surface area contributed by atoms with Gasteiger partial charge in [0.15, 0.2) is 0 Å². The first-order chi connectivity index (χ1) is 12.0. The summed E-state index contributed by atoms with van der Waals surface area (Å²) in [6.07, 6.45) is 7.97. The molecule has 1 fully saturated rings. The fourth-order valence-corrected chi connectivity index (χ4v) is 3.88. The van der Waals surface area contributed by atoms with Gasteiger partial charge in [-0.15, -0.1) is 0 Å². The molecule has 2 aromatic rings. The average Bonchev–Trinajstić information content (AvgIpc) is 2.63. The van der Waals surface area contributed by atoms with Crippen molar-refractivity contribution >= 4 is 10.2 Å². The molecule has 0 aromatic carbocycles. The van der Waals surface area contributed by atoms with Crippen LogP contribution in [0.15, 0.2) is 36.9 Å². The van der Waals surface area contributed by atoms with Crippen LogP contribution in [0.25, 0.3) is 0 Å². The van der Waals surface area contributed by atoms with Gasteiger partial charge in [-0.3, -0.25) is 9.97 Å². The van der Waals surface area contributed by atoms with Crippen LogP contribution in [-0.2, 0) is 10.2 Å². The van der Waals surface area contributed by atoms with E-state index in [1.165, 1.54) is 8.61 Å². The molecule has 0 N–H and O–H groups in total. The van der Waals surface area contributed by atoms with Crippen molar-refractivity contribution in [2.75, 3.05) is 27.2 Å². The second-order valence-corrected chi connectivity index (χ2v) is 8.18. The van der Waals surface area contributed by atoms with Gasteiger partial charge in [0.1, 0.15) is 5.75 Å². The molecule has 1 aliphatic rings. The fourth-order valence-electron chi connectivity index (χ4n) is 2.75. The molecule has 0 bridgehead atoms. The zero-order valence-electron chi connectivity index (χ0n) is 14.2. The molecule has 9 heteroatoms. The summed E-state index contributed by atoms with van der Waals surface area (Å²) in [6, 6.07) is 3.58. The maximum absolute atomic E-state index is 12.2. The van der Waals surface area contributed by atoms with Crippen LogP contribution in [0.1, 0.15) is 24.5 Å². The van der Waals surface area contributed by atoms with Crippen LogP contribution >= 0.6 is 0 Å². The molecule has 3 heterocycles. The second kappa shape index (κ2) is 7.42. The number of nitrogens with zero attached hydrogens (tertiary/aromatic N) is 5. The molecule has 0 saturated carbocycles. The van der Waals surface area contributed by atoms with Gasteiger partial charge < -0.3 is 4.74 Å². The molecule has 3 rings (SSSR count). The minimum absolute atomic E-state index is 0.165. The van der Waals surface area contributed by atoms with Crippen molar-refractivity contribution in [3.63, 3.8) is 0 Å². The van der Waals surface area contributed by atoms with Gasteiger partial charge in [0.05, 0.1) is 18.1 Å². The van der Waals surface area contributed by atoms with Gasteiger partial charge in [0, 0.05) is 45.5 Å². The minimum atomic E-state index is -3.36. The van der Waals surface area contributed by atoms with Crippen LogP contribution < -0.4 is 4.74 Å². The lowest BCUT2D eigenvalue weighted by atomic mass is 9.95. The van der Waals surface area contributed by atoms with Gasteiger partial charge in [-0.2, -0.15) is 17.0 Å². The molecule has 0 aliphatic carbocycles. The third kappa shape index (κ3) is 4.12. The highest BCUT2D eigenvalue weighted by Gasteiger charge is 2.30. The number of pyridine rings is 1. The zero-order valence-corrected chi connectivity index (χ0v) is 15.1. The standard InChI is InChI=1S/C16H21N5O3S/c1-20(2)25(22,23)21-8-5-13(6-9-21)15-11-18-12-16(19-15)24-14-4-3-7-17-10-14/h3-4,7,10-13H,5-6,8-9H2,1-2H3. The van der Waals surface area contributed by atoms with Crippen LogP contribution in [0.2, 0.25) is 0 Å². The summed E-state index contributed by atoms with van der Waals surface area (Å²) in [5, 5.41) is 0. The summed E-state index contributed by atoms with van der Waals surface area (Å²) in [4.78, 5) is 12.7. The highest BCUT2D eigenvalue weighted by atomic mass is 32.2. The van der Waals surface area contributed by atoms with Crippen molar-refractivity contribution in [2.24, 2.45) is 0 Å². The smallest absolute Gasteiger partial charge is 0.281 e. The fraction of sp³-hybridized carbons (Fsp3) is 0.438.